The fourth-order valence-electron chi connectivity index (χ4n) is 3.30. The fraction of sp³-hybridized carbons (Fsp3) is 0.929. The Morgan fingerprint density at radius 2 is 2.10 bits per heavy atom. The maximum Gasteiger partial charge on any atom is 0.223 e. The van der Waals surface area contributed by atoms with Crippen LogP contribution in [0.25, 0.3) is 0 Å². The molecule has 116 valence electrons. The summed E-state index contributed by atoms with van der Waals surface area (Å²) in [5.41, 5.74) is -0.302. The molecule has 2 aliphatic rings. The lowest BCUT2D eigenvalue weighted by molar-refractivity contribution is -0.126. The van der Waals surface area contributed by atoms with Gasteiger partial charge in [0.05, 0.1) is 11.0 Å². The van der Waals surface area contributed by atoms with E-state index in [0.717, 1.165) is 6.42 Å². The van der Waals surface area contributed by atoms with Gasteiger partial charge in [-0.1, -0.05) is 20.8 Å². The van der Waals surface area contributed by atoms with Crippen LogP contribution >= 0.6 is 0 Å². The Balaban J connectivity index is 2.06. The molecular formula is C14H26N2O3S. The molecule has 6 heteroatoms. The van der Waals surface area contributed by atoms with E-state index in [2.05, 4.69) is 10.6 Å². The molecular weight excluding hydrogens is 276 g/mol. The number of hydrogen-bond donors (Lipinski definition) is 2. The zero-order valence-electron chi connectivity index (χ0n) is 12.6. The third kappa shape index (κ3) is 2.86. The van der Waals surface area contributed by atoms with Gasteiger partial charge in [0.25, 0.3) is 0 Å². The van der Waals surface area contributed by atoms with E-state index in [1.54, 1.807) is 0 Å². The lowest BCUT2D eigenvalue weighted by atomic mass is 9.81. The van der Waals surface area contributed by atoms with Crippen molar-refractivity contribution in [2.24, 2.45) is 17.3 Å². The van der Waals surface area contributed by atoms with Crippen molar-refractivity contribution in [1.29, 1.82) is 0 Å². The van der Waals surface area contributed by atoms with Crippen molar-refractivity contribution in [1.82, 2.24) is 10.6 Å². The molecule has 2 fully saturated rings. The van der Waals surface area contributed by atoms with Gasteiger partial charge in [-0.15, -0.1) is 0 Å². The summed E-state index contributed by atoms with van der Waals surface area (Å²) in [6, 6.07) is 0. The Morgan fingerprint density at radius 1 is 1.40 bits per heavy atom. The number of rotatable bonds is 4. The van der Waals surface area contributed by atoms with E-state index >= 15 is 0 Å². The highest BCUT2D eigenvalue weighted by atomic mass is 32.2. The molecule has 0 spiro atoms. The van der Waals surface area contributed by atoms with Crippen molar-refractivity contribution in [2.75, 3.05) is 25.4 Å². The Morgan fingerprint density at radius 3 is 2.75 bits per heavy atom. The summed E-state index contributed by atoms with van der Waals surface area (Å²) in [5.74, 6) is 0.569. The van der Waals surface area contributed by atoms with Crippen molar-refractivity contribution in [3.05, 3.63) is 0 Å². The number of hydrogen-bond acceptors (Lipinski definition) is 4. The standard InChI is InChI=1S/C14H26N2O3S/c1-10(2)11(3)13(17)16-9-14-5-4-6-20(18,19)12(14)7-15-8-14/h10-12,15H,4-9H2,1-3H3,(H,16,17). The second-order valence-corrected chi connectivity index (χ2v) is 9.01. The molecule has 0 saturated carbocycles. The lowest BCUT2D eigenvalue weighted by Gasteiger charge is -2.38. The summed E-state index contributed by atoms with van der Waals surface area (Å²) in [5, 5.41) is 5.86. The number of nitrogens with one attached hydrogen (secondary N) is 2. The van der Waals surface area contributed by atoms with Crippen molar-refractivity contribution >= 4 is 15.7 Å². The molecule has 2 saturated heterocycles. The molecule has 2 heterocycles. The molecule has 2 aliphatic heterocycles. The molecule has 0 aromatic carbocycles. The highest BCUT2D eigenvalue weighted by molar-refractivity contribution is 7.92. The minimum absolute atomic E-state index is 0.0306. The first-order valence-electron chi connectivity index (χ1n) is 7.48. The van der Waals surface area contributed by atoms with E-state index < -0.39 is 9.84 Å². The van der Waals surface area contributed by atoms with Gasteiger partial charge in [0.2, 0.25) is 5.91 Å². The van der Waals surface area contributed by atoms with E-state index in [9.17, 15) is 13.2 Å². The van der Waals surface area contributed by atoms with Gasteiger partial charge in [-0.05, 0) is 18.8 Å². The summed E-state index contributed by atoms with van der Waals surface area (Å²) in [6.07, 6.45) is 1.58. The van der Waals surface area contributed by atoms with Crippen LogP contribution in [-0.4, -0.2) is 45.0 Å². The second-order valence-electron chi connectivity index (χ2n) is 6.70. The van der Waals surface area contributed by atoms with Crippen LogP contribution in [0, 0.1) is 17.3 Å². The second kappa shape index (κ2) is 5.64. The Bertz CT molecular complexity index is 475. The van der Waals surface area contributed by atoms with Gasteiger partial charge in [-0.2, -0.15) is 0 Å². The van der Waals surface area contributed by atoms with Gasteiger partial charge in [0.15, 0.2) is 9.84 Å². The third-order valence-electron chi connectivity index (χ3n) is 5.06. The molecule has 20 heavy (non-hydrogen) atoms. The molecule has 5 nitrogen and oxygen atoms in total. The molecule has 1 amide bonds. The number of fused-ring (bicyclic) bond motifs is 1. The van der Waals surface area contributed by atoms with Crippen LogP contribution in [0.3, 0.4) is 0 Å². The lowest BCUT2D eigenvalue weighted by Crippen LogP contribution is -2.52. The number of amides is 1. The molecule has 0 bridgehead atoms. The zero-order chi connectivity index (χ0) is 15.0. The van der Waals surface area contributed by atoms with Gasteiger partial charge >= 0.3 is 0 Å². The van der Waals surface area contributed by atoms with Crippen molar-refractivity contribution in [2.45, 2.75) is 38.9 Å². The number of carbonyl (C=O) groups excluding carboxylic acids is 1. The van der Waals surface area contributed by atoms with E-state index in [4.69, 9.17) is 0 Å². The minimum Gasteiger partial charge on any atom is -0.355 e. The van der Waals surface area contributed by atoms with Gasteiger partial charge in [-0.25, -0.2) is 8.42 Å². The van der Waals surface area contributed by atoms with Crippen LogP contribution < -0.4 is 10.6 Å². The van der Waals surface area contributed by atoms with Crippen molar-refractivity contribution in [3.63, 3.8) is 0 Å². The largest absolute Gasteiger partial charge is 0.355 e. The minimum atomic E-state index is -3.02. The highest BCUT2D eigenvalue weighted by Gasteiger charge is 2.51. The molecule has 0 radical (unpaired) electrons. The fourth-order valence-corrected chi connectivity index (χ4v) is 5.55. The van der Waals surface area contributed by atoms with Gasteiger partial charge < -0.3 is 10.6 Å². The molecule has 3 atom stereocenters. The van der Waals surface area contributed by atoms with E-state index in [1.807, 2.05) is 20.8 Å². The summed E-state index contributed by atoms with van der Waals surface area (Å²) in [7, 11) is -3.02. The van der Waals surface area contributed by atoms with Gasteiger partial charge in [0.1, 0.15) is 0 Å². The van der Waals surface area contributed by atoms with Crippen LogP contribution in [0.15, 0.2) is 0 Å². The SMILES string of the molecule is CC(C)C(C)C(=O)NCC12CCCS(=O)(=O)C1CNC2. The molecule has 2 N–H and O–H groups in total. The maximum atomic E-state index is 12.2. The summed E-state index contributed by atoms with van der Waals surface area (Å²) in [4.78, 5) is 12.1. The first-order valence-corrected chi connectivity index (χ1v) is 9.20. The Labute approximate surface area is 121 Å². The molecule has 0 aliphatic carbocycles. The van der Waals surface area contributed by atoms with E-state index in [-0.39, 0.29) is 28.2 Å². The first kappa shape index (κ1) is 15.8. The highest BCUT2D eigenvalue weighted by Crippen LogP contribution is 2.39. The van der Waals surface area contributed by atoms with Crippen LogP contribution in [0.1, 0.15) is 33.6 Å². The average molecular weight is 302 g/mol. The van der Waals surface area contributed by atoms with E-state index in [1.165, 1.54) is 0 Å². The quantitative estimate of drug-likeness (QED) is 0.796. The predicted octanol–water partition coefficient (Wildman–Crippen LogP) is 0.562. The Hall–Kier alpha value is -0.620. The number of sulfone groups is 1. The first-order chi connectivity index (χ1) is 9.28. The van der Waals surface area contributed by atoms with E-state index in [0.29, 0.717) is 32.0 Å². The van der Waals surface area contributed by atoms with Crippen LogP contribution in [0.2, 0.25) is 0 Å². The van der Waals surface area contributed by atoms with Crippen LogP contribution in [0.5, 0.6) is 0 Å². The number of carbonyl (C=O) groups is 1. The summed E-state index contributed by atoms with van der Waals surface area (Å²) < 4.78 is 24.4. The molecule has 0 aromatic rings. The Kier molecular flexibility index (Phi) is 4.44. The summed E-state index contributed by atoms with van der Waals surface area (Å²) >= 11 is 0. The monoisotopic (exact) mass is 302 g/mol. The molecule has 0 aromatic heterocycles. The zero-order valence-corrected chi connectivity index (χ0v) is 13.4. The topological polar surface area (TPSA) is 75.3 Å². The van der Waals surface area contributed by atoms with Crippen molar-refractivity contribution in [3.8, 4) is 0 Å². The van der Waals surface area contributed by atoms with Gasteiger partial charge in [-0.3, -0.25) is 4.79 Å². The smallest absolute Gasteiger partial charge is 0.223 e. The van der Waals surface area contributed by atoms with Crippen molar-refractivity contribution < 1.29 is 13.2 Å². The molecule has 3 unspecified atom stereocenters. The van der Waals surface area contributed by atoms with Crippen LogP contribution in [0.4, 0.5) is 0 Å². The third-order valence-corrected chi connectivity index (χ3v) is 7.45. The van der Waals surface area contributed by atoms with Gasteiger partial charge in [0, 0.05) is 31.0 Å². The summed E-state index contributed by atoms with van der Waals surface area (Å²) in [6.45, 7) is 7.64. The average Bonchev–Trinajstić information content (AvgIpc) is 2.80. The maximum absolute atomic E-state index is 12.2. The normalized spacial score (nSPS) is 33.7. The van der Waals surface area contributed by atoms with Crippen LogP contribution in [-0.2, 0) is 14.6 Å². The molecule has 2 rings (SSSR count). The predicted molar refractivity (Wildman–Crippen MR) is 79.1 cm³/mol.